The molecule has 0 spiro atoms. The molecule has 7 heteroatoms. The summed E-state index contributed by atoms with van der Waals surface area (Å²) in [6.45, 7) is 3.99. The lowest BCUT2D eigenvalue weighted by molar-refractivity contribution is -0.989. The molecule has 0 saturated carbocycles. The van der Waals surface area contributed by atoms with Gasteiger partial charge >= 0.3 is 5.91 Å². The first-order chi connectivity index (χ1) is 7.66. The number of hydroxylamine groups is 1. The molecule has 3 saturated heterocycles. The Labute approximate surface area is 93.0 Å². The second kappa shape index (κ2) is 3.64. The fourth-order valence-corrected chi connectivity index (χ4v) is 1.90. The number of nitrogens with zero attached hydrogens (tertiary/aromatic N) is 2. The summed E-state index contributed by atoms with van der Waals surface area (Å²) in [5.41, 5.74) is 0. The minimum atomic E-state index is -0.558. The zero-order valence-corrected chi connectivity index (χ0v) is 9.09. The van der Waals surface area contributed by atoms with Crippen molar-refractivity contribution in [2.45, 2.75) is 25.2 Å². The van der Waals surface area contributed by atoms with E-state index in [1.807, 2.05) is 0 Å². The molecule has 3 aliphatic rings. The molecule has 0 aromatic heterocycles. The van der Waals surface area contributed by atoms with Crippen LogP contribution in [0.3, 0.4) is 0 Å². The first-order valence-electron chi connectivity index (χ1n) is 5.52. The van der Waals surface area contributed by atoms with Crippen LogP contribution in [-0.2, 0) is 14.3 Å². The predicted molar refractivity (Wildman–Crippen MR) is 51.7 cm³/mol. The van der Waals surface area contributed by atoms with Crippen LogP contribution >= 0.6 is 0 Å². The Kier molecular flexibility index (Phi) is 2.37. The molecule has 3 fully saturated rings. The Morgan fingerprint density at radius 3 is 2.50 bits per heavy atom. The number of ether oxygens (including phenoxy) is 2. The van der Waals surface area contributed by atoms with Crippen LogP contribution in [0.2, 0.25) is 0 Å². The molecule has 1 N–H and O–H groups in total. The maximum Gasteiger partial charge on any atom is 0.301 e. The molecule has 0 aromatic carbocycles. The van der Waals surface area contributed by atoms with Crippen molar-refractivity contribution < 1.29 is 19.4 Å². The van der Waals surface area contributed by atoms with Crippen molar-refractivity contribution in [3.8, 4) is 0 Å². The molecule has 3 aliphatic heterocycles. The number of amides is 1. The van der Waals surface area contributed by atoms with E-state index in [4.69, 9.17) is 9.47 Å². The molecular weight excluding hydrogens is 214 g/mol. The van der Waals surface area contributed by atoms with Crippen molar-refractivity contribution >= 4 is 5.91 Å². The number of epoxide rings is 2. The van der Waals surface area contributed by atoms with E-state index < -0.39 is 6.04 Å². The smallest absolute Gasteiger partial charge is 0.301 e. The molecule has 0 bridgehead atoms. The molecule has 3 heterocycles. The Balaban J connectivity index is 1.71. The molecular formula is C9H15N3O4. The van der Waals surface area contributed by atoms with E-state index in [2.05, 4.69) is 0 Å². The normalized spacial score (nSPS) is 42.9. The molecule has 0 aromatic rings. The number of quaternary nitrogens is 1. The van der Waals surface area contributed by atoms with Gasteiger partial charge in [0.05, 0.1) is 26.3 Å². The zero-order chi connectivity index (χ0) is 11.3. The van der Waals surface area contributed by atoms with Crippen molar-refractivity contribution in [2.24, 2.45) is 0 Å². The summed E-state index contributed by atoms with van der Waals surface area (Å²) in [6, 6.07) is -0.558. The van der Waals surface area contributed by atoms with Gasteiger partial charge in [-0.05, 0) is 6.92 Å². The summed E-state index contributed by atoms with van der Waals surface area (Å²) in [7, 11) is 0. The highest BCUT2D eigenvalue weighted by Crippen LogP contribution is 2.17. The topological polar surface area (TPSA) is 76.1 Å². The fraction of sp³-hybridized carbons (Fsp3) is 0.889. The first-order valence-corrected chi connectivity index (χ1v) is 5.52. The van der Waals surface area contributed by atoms with Gasteiger partial charge in [0.2, 0.25) is 0 Å². The number of hydrazine groups is 1. The van der Waals surface area contributed by atoms with E-state index in [9.17, 15) is 10.0 Å². The number of carbonyl (C=O) groups excluding carboxylic acids is 1. The van der Waals surface area contributed by atoms with Gasteiger partial charge in [0.1, 0.15) is 12.2 Å². The molecule has 16 heavy (non-hydrogen) atoms. The quantitative estimate of drug-likeness (QED) is 0.427. The van der Waals surface area contributed by atoms with Gasteiger partial charge in [0.15, 0.2) is 6.04 Å². The predicted octanol–water partition coefficient (Wildman–Crippen LogP) is -2.47. The number of nitrogens with one attached hydrogen (secondary N) is 1. The summed E-state index contributed by atoms with van der Waals surface area (Å²) in [6.07, 6.45) is 0.203. The number of rotatable bonds is 4. The highest BCUT2D eigenvalue weighted by molar-refractivity contribution is 5.80. The van der Waals surface area contributed by atoms with Crippen LogP contribution in [0, 0.1) is 5.21 Å². The summed E-state index contributed by atoms with van der Waals surface area (Å²) in [5, 5.41) is 14.8. The lowest BCUT2D eigenvalue weighted by Gasteiger charge is -2.31. The molecule has 3 rings (SSSR count). The lowest BCUT2D eigenvalue weighted by atomic mass is 10.3. The maximum absolute atomic E-state index is 11.9. The minimum Gasteiger partial charge on any atom is -0.611 e. The average molecular weight is 229 g/mol. The molecule has 4 unspecified atom stereocenters. The summed E-state index contributed by atoms with van der Waals surface area (Å²) < 4.78 is 10.2. The number of carbonyl (C=O) groups is 1. The maximum atomic E-state index is 11.9. The van der Waals surface area contributed by atoms with E-state index in [0.717, 1.165) is 0 Å². The van der Waals surface area contributed by atoms with Crippen LogP contribution in [0.1, 0.15) is 6.92 Å². The van der Waals surface area contributed by atoms with E-state index in [1.54, 1.807) is 6.92 Å². The van der Waals surface area contributed by atoms with Gasteiger partial charge in [0.25, 0.3) is 0 Å². The third-order valence-electron chi connectivity index (χ3n) is 3.10. The largest absolute Gasteiger partial charge is 0.611 e. The van der Waals surface area contributed by atoms with Crippen molar-refractivity contribution in [3.63, 3.8) is 0 Å². The van der Waals surface area contributed by atoms with Gasteiger partial charge in [-0.15, -0.1) is 0 Å². The van der Waals surface area contributed by atoms with E-state index in [1.165, 1.54) is 10.1 Å². The highest BCUT2D eigenvalue weighted by Gasteiger charge is 2.47. The van der Waals surface area contributed by atoms with Crippen LogP contribution in [0.15, 0.2) is 0 Å². The molecule has 0 aliphatic carbocycles. The van der Waals surface area contributed by atoms with Crippen LogP contribution in [0.5, 0.6) is 0 Å². The van der Waals surface area contributed by atoms with Crippen LogP contribution in [0.4, 0.5) is 0 Å². The Morgan fingerprint density at radius 2 is 1.94 bits per heavy atom. The van der Waals surface area contributed by atoms with Crippen molar-refractivity contribution in [1.29, 1.82) is 0 Å². The first kappa shape index (κ1) is 10.4. The summed E-state index contributed by atoms with van der Waals surface area (Å²) >= 11 is 0. The van der Waals surface area contributed by atoms with E-state index in [0.29, 0.717) is 26.3 Å². The third kappa shape index (κ3) is 1.80. The molecule has 90 valence electrons. The van der Waals surface area contributed by atoms with Gasteiger partial charge in [-0.25, -0.2) is 5.01 Å². The molecule has 0 radical (unpaired) electrons. The molecule has 4 atom stereocenters. The Hall–Kier alpha value is -0.730. The highest BCUT2D eigenvalue weighted by atomic mass is 16.6. The zero-order valence-electron chi connectivity index (χ0n) is 9.09. The van der Waals surface area contributed by atoms with Crippen LogP contribution in [-0.4, -0.2) is 60.6 Å². The third-order valence-corrected chi connectivity index (χ3v) is 3.10. The summed E-state index contributed by atoms with van der Waals surface area (Å²) in [4.78, 5) is 11.9. The lowest BCUT2D eigenvalue weighted by Crippen LogP contribution is -3.15. The van der Waals surface area contributed by atoms with Crippen molar-refractivity contribution in [3.05, 3.63) is 5.21 Å². The Morgan fingerprint density at radius 1 is 1.38 bits per heavy atom. The number of hydrogen-bond acceptors (Lipinski definition) is 5. The van der Waals surface area contributed by atoms with E-state index in [-0.39, 0.29) is 23.3 Å². The SMILES string of the molecule is CC1C(=O)N(CC2CO2)N(CC2CO2)[NH+]1[O-]. The van der Waals surface area contributed by atoms with Gasteiger partial charge in [-0.2, -0.15) is 0 Å². The molecule has 1 amide bonds. The fourth-order valence-electron chi connectivity index (χ4n) is 1.90. The number of hydrogen-bond donors (Lipinski definition) is 1. The van der Waals surface area contributed by atoms with Crippen molar-refractivity contribution in [2.75, 3.05) is 26.3 Å². The van der Waals surface area contributed by atoms with Gasteiger partial charge in [0, 0.05) is 0 Å². The monoisotopic (exact) mass is 229 g/mol. The standard InChI is InChI=1S/C9H15N3O4/c1-6-9(13)10(2-7-4-15-7)11(12(6)14)3-8-5-16-8/h6-8,12H,2-5H2,1H3. The average Bonchev–Trinajstić information content (AvgIpc) is 3.12. The molecule has 7 nitrogen and oxygen atoms in total. The van der Waals surface area contributed by atoms with Gasteiger partial charge in [-0.3, -0.25) is 9.97 Å². The second-order valence-corrected chi connectivity index (χ2v) is 4.47. The summed E-state index contributed by atoms with van der Waals surface area (Å²) in [5.74, 6) is -0.124. The van der Waals surface area contributed by atoms with Crippen LogP contribution in [0.25, 0.3) is 0 Å². The van der Waals surface area contributed by atoms with Crippen LogP contribution < -0.4 is 5.17 Å². The van der Waals surface area contributed by atoms with Gasteiger partial charge < -0.3 is 14.7 Å². The van der Waals surface area contributed by atoms with Crippen molar-refractivity contribution in [1.82, 2.24) is 10.1 Å². The Bertz CT molecular complexity index is 305. The second-order valence-electron chi connectivity index (χ2n) is 4.47. The van der Waals surface area contributed by atoms with E-state index >= 15 is 0 Å². The van der Waals surface area contributed by atoms with Gasteiger partial charge in [-0.1, -0.05) is 5.12 Å². The minimum absolute atomic E-state index is 0.102.